The van der Waals surface area contributed by atoms with Crippen molar-refractivity contribution < 1.29 is 19.6 Å². The molecule has 7 nitrogen and oxygen atoms in total. The third-order valence-corrected chi connectivity index (χ3v) is 3.68. The molecule has 2 aromatic rings. The first-order chi connectivity index (χ1) is 11.9. The third kappa shape index (κ3) is 4.77. The van der Waals surface area contributed by atoms with Crippen molar-refractivity contribution in [2.75, 3.05) is 11.9 Å². The van der Waals surface area contributed by atoms with Crippen LogP contribution < -0.4 is 5.32 Å². The Morgan fingerprint density at radius 1 is 1.20 bits per heavy atom. The first-order valence-electron chi connectivity index (χ1n) is 7.84. The van der Waals surface area contributed by atoms with Gasteiger partial charge in [-0.05, 0) is 31.5 Å². The van der Waals surface area contributed by atoms with E-state index in [4.69, 9.17) is 4.74 Å². The molecule has 132 valence electrons. The molecular weight excluding hydrogens is 324 g/mol. The molecule has 0 aliphatic rings. The maximum atomic E-state index is 12.0. The predicted octanol–water partition coefficient (Wildman–Crippen LogP) is 2.98. The Hall–Kier alpha value is -2.93. The van der Waals surface area contributed by atoms with Crippen LogP contribution in [0.3, 0.4) is 0 Å². The highest BCUT2D eigenvalue weighted by Gasteiger charge is 2.29. The van der Waals surface area contributed by atoms with Crippen molar-refractivity contribution in [1.82, 2.24) is 0 Å². The van der Waals surface area contributed by atoms with E-state index in [1.54, 1.807) is 6.92 Å². The van der Waals surface area contributed by atoms with E-state index in [9.17, 15) is 20.0 Å². The number of nitrogens with one attached hydrogen (secondary N) is 1. The monoisotopic (exact) mass is 344 g/mol. The highest BCUT2D eigenvalue weighted by Crippen LogP contribution is 2.26. The number of ether oxygens (including phenoxy) is 1. The van der Waals surface area contributed by atoms with Crippen molar-refractivity contribution in [3.8, 4) is 0 Å². The molecule has 0 heterocycles. The molecule has 2 rings (SSSR count). The standard InChI is InChI=1S/C18H20N2O5/c1-3-25-18(22)17(21)16(19-14-8-4-12(2)5-9-14)13-6-10-15(11-7-13)20(23)24/h4-11,16-17,19,21H,3H2,1-2H3. The van der Waals surface area contributed by atoms with Gasteiger partial charge < -0.3 is 15.2 Å². The van der Waals surface area contributed by atoms with E-state index in [0.717, 1.165) is 5.56 Å². The summed E-state index contributed by atoms with van der Waals surface area (Å²) in [5.41, 5.74) is 2.25. The van der Waals surface area contributed by atoms with E-state index in [2.05, 4.69) is 5.32 Å². The average Bonchev–Trinajstić information content (AvgIpc) is 2.61. The van der Waals surface area contributed by atoms with E-state index in [1.165, 1.54) is 24.3 Å². The number of aryl methyl sites for hydroxylation is 1. The minimum absolute atomic E-state index is 0.0662. The van der Waals surface area contributed by atoms with Crippen molar-refractivity contribution in [3.63, 3.8) is 0 Å². The van der Waals surface area contributed by atoms with Gasteiger partial charge in [0, 0.05) is 17.8 Å². The summed E-state index contributed by atoms with van der Waals surface area (Å²) in [5.74, 6) is -0.759. The van der Waals surface area contributed by atoms with E-state index in [0.29, 0.717) is 11.3 Å². The molecule has 0 fully saturated rings. The molecule has 0 aromatic heterocycles. The summed E-state index contributed by atoms with van der Waals surface area (Å²) < 4.78 is 4.89. The van der Waals surface area contributed by atoms with Gasteiger partial charge in [0.2, 0.25) is 0 Å². The number of carbonyl (C=O) groups is 1. The van der Waals surface area contributed by atoms with Crippen LogP contribution in [-0.2, 0) is 9.53 Å². The first-order valence-corrected chi connectivity index (χ1v) is 7.84. The molecule has 0 aliphatic heterocycles. The van der Waals surface area contributed by atoms with Crippen molar-refractivity contribution in [2.24, 2.45) is 0 Å². The molecule has 0 aliphatic carbocycles. The molecule has 2 aromatic carbocycles. The molecule has 2 unspecified atom stereocenters. The van der Waals surface area contributed by atoms with Gasteiger partial charge in [-0.2, -0.15) is 0 Å². The molecule has 0 spiro atoms. The quantitative estimate of drug-likeness (QED) is 0.455. The number of hydrogen-bond donors (Lipinski definition) is 2. The van der Waals surface area contributed by atoms with Gasteiger partial charge in [0.05, 0.1) is 17.6 Å². The van der Waals surface area contributed by atoms with Crippen LogP contribution in [0.15, 0.2) is 48.5 Å². The number of esters is 1. The van der Waals surface area contributed by atoms with Crippen molar-refractivity contribution in [2.45, 2.75) is 26.0 Å². The molecule has 7 heteroatoms. The number of nitrogens with zero attached hydrogens (tertiary/aromatic N) is 1. The average molecular weight is 344 g/mol. The summed E-state index contributed by atoms with van der Waals surface area (Å²) in [7, 11) is 0. The Morgan fingerprint density at radius 3 is 2.32 bits per heavy atom. The lowest BCUT2D eigenvalue weighted by molar-refractivity contribution is -0.384. The van der Waals surface area contributed by atoms with Gasteiger partial charge in [-0.25, -0.2) is 4.79 Å². The minimum Gasteiger partial charge on any atom is -0.464 e. The van der Waals surface area contributed by atoms with Crippen LogP contribution in [0.4, 0.5) is 11.4 Å². The van der Waals surface area contributed by atoms with E-state index >= 15 is 0 Å². The molecule has 0 saturated heterocycles. The highest BCUT2D eigenvalue weighted by molar-refractivity contribution is 5.76. The van der Waals surface area contributed by atoms with Crippen molar-refractivity contribution >= 4 is 17.3 Å². The van der Waals surface area contributed by atoms with Gasteiger partial charge in [0.25, 0.3) is 5.69 Å². The Morgan fingerprint density at radius 2 is 1.80 bits per heavy atom. The van der Waals surface area contributed by atoms with Crippen LogP contribution in [0, 0.1) is 17.0 Å². The Kier molecular flexibility index (Phi) is 6.08. The normalized spacial score (nSPS) is 12.9. The Labute approximate surface area is 145 Å². The zero-order chi connectivity index (χ0) is 18.4. The molecule has 0 bridgehead atoms. The number of aliphatic hydroxyl groups excluding tert-OH is 1. The zero-order valence-corrected chi connectivity index (χ0v) is 14.0. The van der Waals surface area contributed by atoms with E-state index < -0.39 is 23.0 Å². The molecule has 0 radical (unpaired) electrons. The number of non-ortho nitro benzene ring substituents is 1. The largest absolute Gasteiger partial charge is 0.464 e. The summed E-state index contributed by atoms with van der Waals surface area (Å²) in [5, 5.41) is 24.3. The second kappa shape index (κ2) is 8.25. The van der Waals surface area contributed by atoms with E-state index in [1.807, 2.05) is 31.2 Å². The summed E-state index contributed by atoms with van der Waals surface area (Å²) in [4.78, 5) is 22.2. The molecule has 2 N–H and O–H groups in total. The molecule has 25 heavy (non-hydrogen) atoms. The number of benzene rings is 2. The Bertz CT molecular complexity index is 728. The van der Waals surface area contributed by atoms with Crippen molar-refractivity contribution in [1.29, 1.82) is 0 Å². The van der Waals surface area contributed by atoms with Crippen LogP contribution in [0.1, 0.15) is 24.1 Å². The van der Waals surface area contributed by atoms with Crippen LogP contribution in [0.5, 0.6) is 0 Å². The molecule has 2 atom stereocenters. The van der Waals surface area contributed by atoms with Gasteiger partial charge in [-0.3, -0.25) is 10.1 Å². The lowest BCUT2D eigenvalue weighted by atomic mass is 10.0. The topological polar surface area (TPSA) is 102 Å². The second-order valence-corrected chi connectivity index (χ2v) is 5.53. The highest BCUT2D eigenvalue weighted by atomic mass is 16.6. The maximum absolute atomic E-state index is 12.0. The molecular formula is C18H20N2O5. The minimum atomic E-state index is -1.46. The van der Waals surface area contributed by atoms with E-state index in [-0.39, 0.29) is 12.3 Å². The third-order valence-electron chi connectivity index (χ3n) is 3.68. The summed E-state index contributed by atoms with van der Waals surface area (Å²) >= 11 is 0. The fourth-order valence-corrected chi connectivity index (χ4v) is 2.34. The van der Waals surface area contributed by atoms with Crippen molar-refractivity contribution in [3.05, 3.63) is 69.8 Å². The maximum Gasteiger partial charge on any atom is 0.337 e. The summed E-state index contributed by atoms with van der Waals surface area (Å²) in [6.45, 7) is 3.75. The SMILES string of the molecule is CCOC(=O)C(O)C(Nc1ccc(C)cc1)c1ccc([N+](=O)[O-])cc1. The number of carbonyl (C=O) groups excluding carboxylic acids is 1. The Balaban J connectivity index is 2.31. The van der Waals surface area contributed by atoms with Crippen LogP contribution in [-0.4, -0.2) is 28.7 Å². The summed E-state index contributed by atoms with van der Waals surface area (Å²) in [6, 6.07) is 12.3. The van der Waals surface area contributed by atoms with Crippen LogP contribution in [0.25, 0.3) is 0 Å². The van der Waals surface area contributed by atoms with Gasteiger partial charge >= 0.3 is 5.97 Å². The molecule has 0 amide bonds. The lowest BCUT2D eigenvalue weighted by Crippen LogP contribution is -2.34. The summed E-state index contributed by atoms with van der Waals surface area (Å²) in [6.07, 6.45) is -1.46. The fourth-order valence-electron chi connectivity index (χ4n) is 2.34. The van der Waals surface area contributed by atoms with Gasteiger partial charge in [0.15, 0.2) is 6.10 Å². The first kappa shape index (κ1) is 18.4. The van der Waals surface area contributed by atoms with Crippen LogP contribution in [0.2, 0.25) is 0 Å². The van der Waals surface area contributed by atoms with Gasteiger partial charge in [0.1, 0.15) is 0 Å². The number of anilines is 1. The number of aliphatic hydroxyl groups is 1. The predicted molar refractivity (Wildman–Crippen MR) is 93.3 cm³/mol. The number of hydrogen-bond acceptors (Lipinski definition) is 6. The number of nitro groups is 1. The smallest absolute Gasteiger partial charge is 0.337 e. The van der Waals surface area contributed by atoms with Gasteiger partial charge in [-0.1, -0.05) is 29.8 Å². The number of rotatable bonds is 7. The number of nitro benzene ring substituents is 1. The van der Waals surface area contributed by atoms with Gasteiger partial charge in [-0.15, -0.1) is 0 Å². The molecule has 0 saturated carbocycles. The fraction of sp³-hybridized carbons (Fsp3) is 0.278. The second-order valence-electron chi connectivity index (χ2n) is 5.53. The van der Waals surface area contributed by atoms with Crippen LogP contribution >= 0.6 is 0 Å². The lowest BCUT2D eigenvalue weighted by Gasteiger charge is -2.24. The zero-order valence-electron chi connectivity index (χ0n) is 14.0.